The highest BCUT2D eigenvalue weighted by Crippen LogP contribution is 2.00. The Kier molecular flexibility index (Phi) is 1.26. The highest BCUT2D eigenvalue weighted by Gasteiger charge is 2.06. The summed E-state index contributed by atoms with van der Waals surface area (Å²) in [4.78, 5) is 14.6. The normalized spacial score (nSPS) is 10.3. The van der Waals surface area contributed by atoms with Gasteiger partial charge in [-0.1, -0.05) is 5.21 Å². The molecule has 60 valence electrons. The highest BCUT2D eigenvalue weighted by molar-refractivity contribution is 5.91. The summed E-state index contributed by atoms with van der Waals surface area (Å²) in [5.74, 6) is -0.571. The Labute approximate surface area is 67.0 Å². The molecule has 6 heteroatoms. The van der Waals surface area contributed by atoms with Crippen molar-refractivity contribution in [3.63, 3.8) is 0 Å². The smallest absolute Gasteiger partial charge is 0.269 e. The van der Waals surface area contributed by atoms with E-state index in [4.69, 9.17) is 5.73 Å². The summed E-state index contributed by atoms with van der Waals surface area (Å²) in [7, 11) is 0. The molecule has 1 amide bonds. The van der Waals surface area contributed by atoms with E-state index in [2.05, 4.69) is 15.3 Å². The van der Waals surface area contributed by atoms with Crippen LogP contribution in [-0.4, -0.2) is 25.7 Å². The first kappa shape index (κ1) is 6.71. The summed E-state index contributed by atoms with van der Waals surface area (Å²) >= 11 is 0. The second kappa shape index (κ2) is 2.26. The average molecular weight is 163 g/mol. The molecule has 2 aromatic rings. The fourth-order valence-corrected chi connectivity index (χ4v) is 0.925. The highest BCUT2D eigenvalue weighted by atomic mass is 16.1. The molecule has 0 spiro atoms. The molecule has 0 aliphatic heterocycles. The number of aromatic nitrogens is 4. The van der Waals surface area contributed by atoms with Crippen molar-refractivity contribution in [2.24, 2.45) is 5.73 Å². The Morgan fingerprint density at radius 1 is 1.42 bits per heavy atom. The number of nitrogens with two attached hydrogens (primary N) is 1. The van der Waals surface area contributed by atoms with Gasteiger partial charge in [0.1, 0.15) is 11.2 Å². The molecule has 0 atom stereocenters. The summed E-state index contributed by atoms with van der Waals surface area (Å²) in [5.41, 5.74) is 5.94. The molecule has 2 N–H and O–H groups in total. The van der Waals surface area contributed by atoms with E-state index in [1.807, 2.05) is 0 Å². The Hall–Kier alpha value is -1.98. The quantitative estimate of drug-likeness (QED) is 0.597. The van der Waals surface area contributed by atoms with E-state index in [1.165, 1.54) is 16.9 Å². The molecule has 2 aromatic heterocycles. The average Bonchev–Trinajstić information content (AvgIpc) is 2.49. The number of fused-ring (bicyclic) bond motifs is 1. The minimum atomic E-state index is -0.571. The van der Waals surface area contributed by atoms with Crippen molar-refractivity contribution in [3.8, 4) is 0 Å². The first-order valence-electron chi connectivity index (χ1n) is 3.23. The van der Waals surface area contributed by atoms with Crippen molar-refractivity contribution in [1.82, 2.24) is 19.8 Å². The Morgan fingerprint density at radius 3 is 3.00 bits per heavy atom. The standard InChI is InChI=1S/C6H5N5O/c7-6(12)5-3-8-1-4-2-9-10-11(4)5/h1-3H,(H2,7,12). The number of amides is 1. The van der Waals surface area contributed by atoms with Gasteiger partial charge in [-0.2, -0.15) is 0 Å². The minimum absolute atomic E-state index is 0.227. The number of hydrogen-bond donors (Lipinski definition) is 1. The summed E-state index contributed by atoms with van der Waals surface area (Å²) in [6.45, 7) is 0. The molecule has 0 saturated heterocycles. The van der Waals surface area contributed by atoms with Gasteiger partial charge in [-0.05, 0) is 0 Å². The number of carbonyl (C=O) groups is 1. The molecule has 6 nitrogen and oxygen atoms in total. The van der Waals surface area contributed by atoms with Crippen molar-refractivity contribution >= 4 is 11.4 Å². The lowest BCUT2D eigenvalue weighted by Crippen LogP contribution is -2.16. The van der Waals surface area contributed by atoms with E-state index in [9.17, 15) is 4.79 Å². The Balaban J connectivity index is 2.82. The van der Waals surface area contributed by atoms with Crippen molar-refractivity contribution in [2.45, 2.75) is 0 Å². The first-order chi connectivity index (χ1) is 5.79. The van der Waals surface area contributed by atoms with E-state index < -0.39 is 5.91 Å². The lowest BCUT2D eigenvalue weighted by molar-refractivity contribution is 0.0992. The predicted molar refractivity (Wildman–Crippen MR) is 39.3 cm³/mol. The maximum Gasteiger partial charge on any atom is 0.269 e. The van der Waals surface area contributed by atoms with Crippen molar-refractivity contribution in [3.05, 3.63) is 24.3 Å². The van der Waals surface area contributed by atoms with Crippen LogP contribution >= 0.6 is 0 Å². The third kappa shape index (κ3) is 0.815. The molecule has 2 heterocycles. The third-order valence-corrected chi connectivity index (χ3v) is 1.46. The van der Waals surface area contributed by atoms with E-state index in [0.29, 0.717) is 5.52 Å². The van der Waals surface area contributed by atoms with Gasteiger partial charge in [-0.25, -0.2) is 4.52 Å². The van der Waals surface area contributed by atoms with Gasteiger partial charge in [0.2, 0.25) is 0 Å². The number of rotatable bonds is 1. The zero-order valence-corrected chi connectivity index (χ0v) is 6.01. The van der Waals surface area contributed by atoms with Gasteiger partial charge >= 0.3 is 0 Å². The molecular weight excluding hydrogens is 158 g/mol. The van der Waals surface area contributed by atoms with Crippen LogP contribution in [0.4, 0.5) is 0 Å². The zero-order valence-electron chi connectivity index (χ0n) is 6.01. The fourth-order valence-electron chi connectivity index (χ4n) is 0.925. The van der Waals surface area contributed by atoms with Gasteiger partial charge in [-0.15, -0.1) is 5.10 Å². The van der Waals surface area contributed by atoms with Crippen LogP contribution in [0.15, 0.2) is 18.6 Å². The molecule has 0 aliphatic rings. The molecule has 12 heavy (non-hydrogen) atoms. The van der Waals surface area contributed by atoms with E-state index in [1.54, 1.807) is 6.20 Å². The minimum Gasteiger partial charge on any atom is -0.364 e. The summed E-state index contributed by atoms with van der Waals surface area (Å²) < 4.78 is 1.34. The Morgan fingerprint density at radius 2 is 2.25 bits per heavy atom. The van der Waals surface area contributed by atoms with Gasteiger partial charge in [-0.3, -0.25) is 9.78 Å². The van der Waals surface area contributed by atoms with Crippen LogP contribution in [0.3, 0.4) is 0 Å². The molecule has 0 aromatic carbocycles. The molecule has 0 saturated carbocycles. The fraction of sp³-hybridized carbons (Fsp3) is 0. The van der Waals surface area contributed by atoms with Crippen LogP contribution in [0.25, 0.3) is 5.52 Å². The zero-order chi connectivity index (χ0) is 8.55. The lowest BCUT2D eigenvalue weighted by Gasteiger charge is -1.96. The predicted octanol–water partition coefficient (Wildman–Crippen LogP) is -0.777. The summed E-state index contributed by atoms with van der Waals surface area (Å²) in [5, 5.41) is 7.28. The monoisotopic (exact) mass is 163 g/mol. The van der Waals surface area contributed by atoms with Crippen LogP contribution in [0.2, 0.25) is 0 Å². The maximum absolute atomic E-state index is 10.8. The number of nitrogens with zero attached hydrogens (tertiary/aromatic N) is 4. The molecule has 0 aliphatic carbocycles. The van der Waals surface area contributed by atoms with E-state index >= 15 is 0 Å². The number of hydrogen-bond acceptors (Lipinski definition) is 4. The third-order valence-electron chi connectivity index (χ3n) is 1.46. The van der Waals surface area contributed by atoms with Gasteiger partial charge in [0.25, 0.3) is 5.91 Å². The summed E-state index contributed by atoms with van der Waals surface area (Å²) in [6, 6.07) is 0. The van der Waals surface area contributed by atoms with Gasteiger partial charge in [0.15, 0.2) is 0 Å². The first-order valence-corrected chi connectivity index (χ1v) is 3.23. The molecule has 0 fully saturated rings. The van der Waals surface area contributed by atoms with E-state index in [0.717, 1.165) is 0 Å². The van der Waals surface area contributed by atoms with Gasteiger partial charge in [0.05, 0.1) is 18.6 Å². The largest absolute Gasteiger partial charge is 0.364 e. The molecule has 0 unspecified atom stereocenters. The van der Waals surface area contributed by atoms with Gasteiger partial charge in [0, 0.05) is 0 Å². The van der Waals surface area contributed by atoms with Crippen molar-refractivity contribution in [1.29, 1.82) is 0 Å². The topological polar surface area (TPSA) is 86.2 Å². The molecule has 2 rings (SSSR count). The molecular formula is C6H5N5O. The SMILES string of the molecule is NC(=O)c1cncc2cnnn12. The van der Waals surface area contributed by atoms with Crippen LogP contribution in [0.1, 0.15) is 10.5 Å². The summed E-state index contributed by atoms with van der Waals surface area (Å²) in [6.07, 6.45) is 4.40. The number of carbonyl (C=O) groups excluding carboxylic acids is 1. The van der Waals surface area contributed by atoms with Crippen molar-refractivity contribution in [2.75, 3.05) is 0 Å². The van der Waals surface area contributed by atoms with E-state index in [-0.39, 0.29) is 5.69 Å². The molecule has 0 bridgehead atoms. The Bertz CT molecular complexity index is 434. The second-order valence-electron chi connectivity index (χ2n) is 2.23. The lowest BCUT2D eigenvalue weighted by atomic mass is 10.4. The van der Waals surface area contributed by atoms with Gasteiger partial charge < -0.3 is 5.73 Å². The van der Waals surface area contributed by atoms with Crippen LogP contribution in [-0.2, 0) is 0 Å². The van der Waals surface area contributed by atoms with Crippen LogP contribution in [0.5, 0.6) is 0 Å². The molecule has 0 radical (unpaired) electrons. The van der Waals surface area contributed by atoms with Crippen LogP contribution < -0.4 is 5.73 Å². The second-order valence-corrected chi connectivity index (χ2v) is 2.23. The van der Waals surface area contributed by atoms with Crippen molar-refractivity contribution < 1.29 is 4.79 Å². The number of primary amides is 1. The maximum atomic E-state index is 10.8. The van der Waals surface area contributed by atoms with Crippen LogP contribution in [0, 0.1) is 0 Å².